The van der Waals surface area contributed by atoms with E-state index in [9.17, 15) is 4.39 Å². The van der Waals surface area contributed by atoms with Crippen LogP contribution in [0.4, 0.5) is 10.1 Å². The van der Waals surface area contributed by atoms with Crippen molar-refractivity contribution in [1.29, 1.82) is 0 Å². The average molecular weight is 372 g/mol. The van der Waals surface area contributed by atoms with Gasteiger partial charge in [0, 0.05) is 37.6 Å². The molecule has 2 aromatic rings. The second-order valence-corrected chi connectivity index (χ2v) is 6.93. The number of aromatic nitrogens is 2. The quantitative estimate of drug-likeness (QED) is 0.604. The summed E-state index contributed by atoms with van der Waals surface area (Å²) in [7, 11) is 0. The van der Waals surface area contributed by atoms with E-state index < -0.39 is 0 Å². The molecular weight excluding hydrogens is 343 g/mol. The van der Waals surface area contributed by atoms with Gasteiger partial charge in [-0.3, -0.25) is 9.67 Å². The van der Waals surface area contributed by atoms with Gasteiger partial charge in [0.25, 0.3) is 0 Å². The van der Waals surface area contributed by atoms with E-state index in [-0.39, 0.29) is 5.82 Å². The predicted octanol–water partition coefficient (Wildman–Crippen LogP) is 2.55. The maximum atomic E-state index is 13.4. The summed E-state index contributed by atoms with van der Waals surface area (Å²) < 4.78 is 15.3. The molecule has 0 spiro atoms. The molecule has 3 rings (SSSR count). The molecule has 0 amide bonds. The first-order valence-electron chi connectivity index (χ1n) is 9.68. The molecule has 0 atom stereocenters. The van der Waals surface area contributed by atoms with Gasteiger partial charge in [-0.2, -0.15) is 5.10 Å². The van der Waals surface area contributed by atoms with E-state index in [1.54, 1.807) is 12.1 Å². The molecule has 2 heterocycles. The number of rotatable bonds is 6. The Morgan fingerprint density at radius 1 is 1.33 bits per heavy atom. The number of anilines is 1. The Kier molecular flexibility index (Phi) is 6.68. The molecule has 0 radical (unpaired) electrons. The molecule has 1 saturated heterocycles. The molecule has 2 N–H and O–H groups in total. The van der Waals surface area contributed by atoms with Gasteiger partial charge in [0.2, 0.25) is 0 Å². The fourth-order valence-electron chi connectivity index (χ4n) is 3.32. The standard InChI is InChI=1S/C20H29FN6/c1-3-22-20(23-9-12-27-15-16(2)14-24-27)25-18-7-10-26(11-8-18)19-6-4-5-17(21)13-19/h4-6,13-15,18H,3,7-12H2,1-2H3,(H2,22,23,25). The van der Waals surface area contributed by atoms with Gasteiger partial charge in [-0.1, -0.05) is 6.07 Å². The topological polar surface area (TPSA) is 57.5 Å². The minimum atomic E-state index is -0.179. The number of halogens is 1. The molecule has 6 nitrogen and oxygen atoms in total. The summed E-state index contributed by atoms with van der Waals surface area (Å²) in [4.78, 5) is 6.91. The van der Waals surface area contributed by atoms with Crippen LogP contribution in [0.15, 0.2) is 41.7 Å². The van der Waals surface area contributed by atoms with E-state index in [0.717, 1.165) is 56.2 Å². The largest absolute Gasteiger partial charge is 0.371 e. The van der Waals surface area contributed by atoms with Crippen LogP contribution in [0.1, 0.15) is 25.3 Å². The average Bonchev–Trinajstić information content (AvgIpc) is 3.08. The maximum Gasteiger partial charge on any atom is 0.191 e. The molecule has 1 aromatic heterocycles. The number of piperidine rings is 1. The Labute approximate surface area is 160 Å². The third kappa shape index (κ3) is 5.70. The predicted molar refractivity (Wildman–Crippen MR) is 108 cm³/mol. The van der Waals surface area contributed by atoms with E-state index in [0.29, 0.717) is 12.6 Å². The monoisotopic (exact) mass is 372 g/mol. The second-order valence-electron chi connectivity index (χ2n) is 6.93. The lowest BCUT2D eigenvalue weighted by molar-refractivity contribution is 0.460. The number of benzene rings is 1. The molecule has 1 aliphatic heterocycles. The zero-order valence-electron chi connectivity index (χ0n) is 16.2. The number of hydrogen-bond donors (Lipinski definition) is 2. The van der Waals surface area contributed by atoms with Gasteiger partial charge in [0.1, 0.15) is 5.82 Å². The van der Waals surface area contributed by atoms with Crippen LogP contribution in [-0.2, 0) is 6.54 Å². The van der Waals surface area contributed by atoms with Crippen molar-refractivity contribution < 1.29 is 4.39 Å². The van der Waals surface area contributed by atoms with Crippen LogP contribution < -0.4 is 15.5 Å². The molecule has 1 aromatic carbocycles. The molecule has 7 heteroatoms. The molecular formula is C20H29FN6. The van der Waals surface area contributed by atoms with Crippen LogP contribution in [0.2, 0.25) is 0 Å². The summed E-state index contributed by atoms with van der Waals surface area (Å²) in [5, 5.41) is 11.1. The highest BCUT2D eigenvalue weighted by molar-refractivity contribution is 5.80. The summed E-state index contributed by atoms with van der Waals surface area (Å²) in [6, 6.07) is 7.21. The van der Waals surface area contributed by atoms with Gasteiger partial charge in [-0.25, -0.2) is 4.39 Å². The second kappa shape index (κ2) is 9.39. The number of aliphatic imine (C=N–C) groups is 1. The molecule has 146 valence electrons. The van der Waals surface area contributed by atoms with Crippen molar-refractivity contribution in [2.45, 2.75) is 39.3 Å². The highest BCUT2D eigenvalue weighted by Crippen LogP contribution is 2.20. The van der Waals surface area contributed by atoms with Gasteiger partial charge in [0.05, 0.1) is 19.3 Å². The van der Waals surface area contributed by atoms with Crippen LogP contribution in [0.5, 0.6) is 0 Å². The van der Waals surface area contributed by atoms with Crippen molar-refractivity contribution in [3.8, 4) is 0 Å². The Morgan fingerprint density at radius 3 is 2.81 bits per heavy atom. The third-order valence-corrected chi connectivity index (χ3v) is 4.71. The Bertz CT molecular complexity index is 748. The van der Waals surface area contributed by atoms with E-state index in [1.165, 1.54) is 6.07 Å². The lowest BCUT2D eigenvalue weighted by Crippen LogP contribution is -2.48. The van der Waals surface area contributed by atoms with Crippen LogP contribution in [0, 0.1) is 12.7 Å². The van der Waals surface area contributed by atoms with E-state index in [1.807, 2.05) is 30.1 Å². The Hall–Kier alpha value is -2.57. The first-order chi connectivity index (χ1) is 13.1. The SMILES string of the molecule is CCNC(=NCCn1cc(C)cn1)NC1CCN(c2cccc(F)c2)CC1. The lowest BCUT2D eigenvalue weighted by atomic mass is 10.0. The number of guanidine groups is 1. The summed E-state index contributed by atoms with van der Waals surface area (Å²) in [5.41, 5.74) is 2.12. The smallest absolute Gasteiger partial charge is 0.191 e. The number of nitrogens with one attached hydrogen (secondary N) is 2. The number of aryl methyl sites for hydroxylation is 1. The summed E-state index contributed by atoms with van der Waals surface area (Å²) in [5.74, 6) is 0.673. The van der Waals surface area contributed by atoms with Crippen molar-refractivity contribution in [1.82, 2.24) is 20.4 Å². The van der Waals surface area contributed by atoms with Gasteiger partial charge >= 0.3 is 0 Å². The normalized spacial score (nSPS) is 15.8. The van der Waals surface area contributed by atoms with Crippen molar-refractivity contribution in [2.24, 2.45) is 4.99 Å². The molecule has 27 heavy (non-hydrogen) atoms. The fraction of sp³-hybridized carbons (Fsp3) is 0.500. The van der Waals surface area contributed by atoms with Gasteiger partial charge in [-0.05, 0) is 50.5 Å². The molecule has 1 aliphatic rings. The molecule has 0 unspecified atom stereocenters. The lowest BCUT2D eigenvalue weighted by Gasteiger charge is -2.34. The number of nitrogens with zero attached hydrogens (tertiary/aromatic N) is 4. The van der Waals surface area contributed by atoms with E-state index in [4.69, 9.17) is 0 Å². The molecule has 0 aliphatic carbocycles. The third-order valence-electron chi connectivity index (χ3n) is 4.71. The van der Waals surface area contributed by atoms with Gasteiger partial charge in [0.15, 0.2) is 5.96 Å². The first kappa shape index (κ1) is 19.2. The van der Waals surface area contributed by atoms with Crippen molar-refractivity contribution >= 4 is 11.6 Å². The zero-order valence-corrected chi connectivity index (χ0v) is 16.2. The first-order valence-corrected chi connectivity index (χ1v) is 9.68. The minimum absolute atomic E-state index is 0.179. The van der Waals surface area contributed by atoms with Crippen LogP contribution in [0.25, 0.3) is 0 Å². The Balaban J connectivity index is 1.49. The Morgan fingerprint density at radius 2 is 2.15 bits per heavy atom. The maximum absolute atomic E-state index is 13.4. The highest BCUT2D eigenvalue weighted by Gasteiger charge is 2.20. The van der Waals surface area contributed by atoms with Crippen LogP contribution in [-0.4, -0.2) is 48.0 Å². The highest BCUT2D eigenvalue weighted by atomic mass is 19.1. The van der Waals surface area contributed by atoms with Crippen LogP contribution in [0.3, 0.4) is 0 Å². The fourth-order valence-corrected chi connectivity index (χ4v) is 3.32. The minimum Gasteiger partial charge on any atom is -0.371 e. The summed E-state index contributed by atoms with van der Waals surface area (Å²) in [6.45, 7) is 8.20. The molecule has 0 bridgehead atoms. The van der Waals surface area contributed by atoms with E-state index >= 15 is 0 Å². The molecule has 1 fully saturated rings. The van der Waals surface area contributed by atoms with Crippen LogP contribution >= 0.6 is 0 Å². The van der Waals surface area contributed by atoms with Crippen molar-refractivity contribution in [3.63, 3.8) is 0 Å². The molecule has 0 saturated carbocycles. The van der Waals surface area contributed by atoms with Crippen molar-refractivity contribution in [3.05, 3.63) is 48.0 Å². The zero-order chi connectivity index (χ0) is 19.1. The van der Waals surface area contributed by atoms with Gasteiger partial charge in [-0.15, -0.1) is 0 Å². The number of hydrogen-bond acceptors (Lipinski definition) is 3. The van der Waals surface area contributed by atoms with Crippen molar-refractivity contribution in [2.75, 3.05) is 31.1 Å². The van der Waals surface area contributed by atoms with Gasteiger partial charge < -0.3 is 15.5 Å². The summed E-state index contributed by atoms with van der Waals surface area (Å²) in [6.07, 6.45) is 5.89. The van der Waals surface area contributed by atoms with E-state index in [2.05, 4.69) is 32.5 Å². The summed E-state index contributed by atoms with van der Waals surface area (Å²) >= 11 is 0.